The van der Waals surface area contributed by atoms with Crippen molar-refractivity contribution in [1.82, 2.24) is 10.6 Å². The van der Waals surface area contributed by atoms with Crippen LogP contribution in [0, 0.1) is 11.3 Å². The molecule has 1 heterocycles. The van der Waals surface area contributed by atoms with E-state index in [1.807, 2.05) is 7.05 Å². The van der Waals surface area contributed by atoms with E-state index in [4.69, 9.17) is 4.74 Å². The van der Waals surface area contributed by atoms with Crippen molar-refractivity contribution in [2.75, 3.05) is 13.7 Å². The normalized spacial score (nSPS) is 33.7. The summed E-state index contributed by atoms with van der Waals surface area (Å²) in [7, 11) is 1.84. The van der Waals surface area contributed by atoms with Crippen LogP contribution in [0.5, 0.6) is 0 Å². The van der Waals surface area contributed by atoms with Gasteiger partial charge in [0.25, 0.3) is 0 Å². The highest BCUT2D eigenvalue weighted by atomic mass is 127. The number of ether oxygens (including phenoxy) is 1. The molecule has 1 aliphatic heterocycles. The molecule has 2 fully saturated rings. The molecule has 2 N–H and O–H groups in total. The van der Waals surface area contributed by atoms with Gasteiger partial charge in [-0.2, -0.15) is 0 Å². The monoisotopic (exact) mass is 381 g/mol. The van der Waals surface area contributed by atoms with Crippen LogP contribution in [0.25, 0.3) is 0 Å². The molecule has 0 aromatic heterocycles. The van der Waals surface area contributed by atoms with Crippen LogP contribution in [0.15, 0.2) is 4.99 Å². The zero-order valence-corrected chi connectivity index (χ0v) is 15.0. The number of nitrogens with one attached hydrogen (secondary N) is 2. The Hall–Kier alpha value is -0.0400. The summed E-state index contributed by atoms with van der Waals surface area (Å²) in [4.78, 5) is 4.33. The lowest BCUT2D eigenvalue weighted by atomic mass is 9.57. The Morgan fingerprint density at radius 3 is 2.74 bits per heavy atom. The fourth-order valence-electron chi connectivity index (χ4n) is 3.27. The van der Waals surface area contributed by atoms with E-state index in [0.29, 0.717) is 24.1 Å². The van der Waals surface area contributed by atoms with Crippen molar-refractivity contribution in [3.63, 3.8) is 0 Å². The van der Waals surface area contributed by atoms with Gasteiger partial charge in [0.1, 0.15) is 0 Å². The van der Waals surface area contributed by atoms with E-state index in [1.54, 1.807) is 0 Å². The first-order chi connectivity index (χ1) is 8.50. The first kappa shape index (κ1) is 17.0. The van der Waals surface area contributed by atoms with Gasteiger partial charge in [-0.15, -0.1) is 24.0 Å². The maximum absolute atomic E-state index is 5.81. The summed E-state index contributed by atoms with van der Waals surface area (Å²) in [6, 6.07) is 0.926. The standard InChI is InChI=1S/C14H27N3O.HI/c1-6-9(2)16-13(15-5)17-11-10-7-8-18-12(10)14(11,3)4;/h9-12H,6-8H2,1-5H3,(H2,15,16,17);1H. The van der Waals surface area contributed by atoms with Crippen LogP contribution in [0.3, 0.4) is 0 Å². The quantitative estimate of drug-likeness (QED) is 0.448. The van der Waals surface area contributed by atoms with Gasteiger partial charge in [-0.3, -0.25) is 4.99 Å². The third kappa shape index (κ3) is 3.17. The van der Waals surface area contributed by atoms with E-state index in [0.717, 1.165) is 19.0 Å². The molecule has 1 saturated heterocycles. The Kier molecular flexibility index (Phi) is 5.92. The Balaban J connectivity index is 0.00000180. The largest absolute Gasteiger partial charge is 0.377 e. The molecule has 1 aliphatic carbocycles. The summed E-state index contributed by atoms with van der Waals surface area (Å²) in [5.74, 6) is 1.57. The molecule has 19 heavy (non-hydrogen) atoms. The second-order valence-electron chi connectivity index (χ2n) is 6.21. The predicted octanol–water partition coefficient (Wildman–Crippen LogP) is 2.38. The molecular weight excluding hydrogens is 353 g/mol. The van der Waals surface area contributed by atoms with Crippen LogP contribution in [0.2, 0.25) is 0 Å². The Labute approximate surface area is 134 Å². The topological polar surface area (TPSA) is 45.7 Å². The van der Waals surface area contributed by atoms with E-state index in [-0.39, 0.29) is 29.4 Å². The van der Waals surface area contributed by atoms with Gasteiger partial charge in [0, 0.05) is 37.1 Å². The number of hydrogen-bond donors (Lipinski definition) is 2. The lowest BCUT2D eigenvalue weighted by molar-refractivity contribution is -0.106. The lowest BCUT2D eigenvalue weighted by Gasteiger charge is -2.55. The molecule has 0 amide bonds. The number of guanidine groups is 1. The molecule has 1 saturated carbocycles. The molecule has 4 unspecified atom stereocenters. The molecule has 0 spiro atoms. The van der Waals surface area contributed by atoms with E-state index in [9.17, 15) is 0 Å². The molecule has 112 valence electrons. The predicted molar refractivity (Wildman–Crippen MR) is 90.2 cm³/mol. The molecule has 2 rings (SSSR count). The highest BCUT2D eigenvalue weighted by molar-refractivity contribution is 14.0. The smallest absolute Gasteiger partial charge is 0.191 e. The highest BCUT2D eigenvalue weighted by Crippen LogP contribution is 2.52. The van der Waals surface area contributed by atoms with E-state index >= 15 is 0 Å². The van der Waals surface area contributed by atoms with E-state index in [1.165, 1.54) is 6.42 Å². The van der Waals surface area contributed by atoms with Crippen molar-refractivity contribution < 1.29 is 4.74 Å². The average Bonchev–Trinajstić information content (AvgIpc) is 2.80. The van der Waals surface area contributed by atoms with Crippen molar-refractivity contribution in [3.8, 4) is 0 Å². The van der Waals surface area contributed by atoms with Crippen molar-refractivity contribution in [2.45, 2.75) is 58.7 Å². The third-order valence-corrected chi connectivity index (χ3v) is 4.61. The molecule has 0 aromatic rings. The maximum Gasteiger partial charge on any atom is 0.191 e. The SMILES string of the molecule is CCC(C)NC(=NC)NC1C2CCOC2C1(C)C.I. The van der Waals surface area contributed by atoms with Crippen molar-refractivity contribution >= 4 is 29.9 Å². The first-order valence-electron chi connectivity index (χ1n) is 7.12. The molecule has 0 radical (unpaired) electrons. The van der Waals surface area contributed by atoms with Crippen molar-refractivity contribution in [2.24, 2.45) is 16.3 Å². The number of fused-ring (bicyclic) bond motifs is 1. The Bertz CT molecular complexity index is 333. The second-order valence-corrected chi connectivity index (χ2v) is 6.21. The van der Waals surface area contributed by atoms with Crippen molar-refractivity contribution in [3.05, 3.63) is 0 Å². The molecule has 2 aliphatic rings. The summed E-state index contributed by atoms with van der Waals surface area (Å²) >= 11 is 0. The van der Waals surface area contributed by atoms with E-state index in [2.05, 4.69) is 43.3 Å². The Morgan fingerprint density at radius 1 is 1.47 bits per heavy atom. The average molecular weight is 381 g/mol. The number of halogens is 1. The van der Waals surface area contributed by atoms with Crippen LogP contribution in [-0.4, -0.2) is 37.8 Å². The van der Waals surface area contributed by atoms with Crippen LogP contribution < -0.4 is 10.6 Å². The lowest BCUT2D eigenvalue weighted by Crippen LogP contribution is -2.68. The van der Waals surface area contributed by atoms with Gasteiger partial charge in [-0.05, 0) is 19.8 Å². The summed E-state index contributed by atoms with van der Waals surface area (Å²) < 4.78 is 5.81. The van der Waals surface area contributed by atoms with Gasteiger partial charge in [0.15, 0.2) is 5.96 Å². The van der Waals surface area contributed by atoms with Crippen LogP contribution in [-0.2, 0) is 4.74 Å². The van der Waals surface area contributed by atoms with Gasteiger partial charge in [0.05, 0.1) is 6.10 Å². The maximum atomic E-state index is 5.81. The fourth-order valence-corrected chi connectivity index (χ4v) is 3.27. The van der Waals surface area contributed by atoms with Gasteiger partial charge in [-0.1, -0.05) is 20.8 Å². The number of nitrogens with zero attached hydrogens (tertiary/aromatic N) is 1. The summed E-state index contributed by atoms with van der Waals surface area (Å²) in [6.45, 7) is 9.84. The molecule has 0 bridgehead atoms. The third-order valence-electron chi connectivity index (χ3n) is 4.61. The van der Waals surface area contributed by atoms with Gasteiger partial charge >= 0.3 is 0 Å². The molecule has 5 heteroatoms. The van der Waals surface area contributed by atoms with Gasteiger partial charge in [0.2, 0.25) is 0 Å². The fraction of sp³-hybridized carbons (Fsp3) is 0.929. The van der Waals surface area contributed by atoms with Crippen molar-refractivity contribution in [1.29, 1.82) is 0 Å². The minimum absolute atomic E-state index is 0. The zero-order chi connectivity index (χ0) is 13.3. The van der Waals surface area contributed by atoms with Gasteiger partial charge < -0.3 is 15.4 Å². The minimum Gasteiger partial charge on any atom is -0.377 e. The zero-order valence-electron chi connectivity index (χ0n) is 12.7. The molecule has 4 atom stereocenters. The van der Waals surface area contributed by atoms with Crippen LogP contribution >= 0.6 is 24.0 Å². The molecule has 0 aromatic carbocycles. The number of aliphatic imine (C=N–C) groups is 1. The Morgan fingerprint density at radius 2 is 2.16 bits per heavy atom. The molecule has 4 nitrogen and oxygen atoms in total. The summed E-state index contributed by atoms with van der Waals surface area (Å²) in [6.07, 6.45) is 2.70. The summed E-state index contributed by atoms with van der Waals surface area (Å²) in [5, 5.41) is 7.02. The molecular formula is C14H28IN3O. The van der Waals surface area contributed by atoms with Crippen LogP contribution in [0.4, 0.5) is 0 Å². The minimum atomic E-state index is 0. The highest BCUT2D eigenvalue weighted by Gasteiger charge is 2.59. The second kappa shape index (κ2) is 6.61. The first-order valence-corrected chi connectivity index (χ1v) is 7.12. The van der Waals surface area contributed by atoms with E-state index < -0.39 is 0 Å². The summed E-state index contributed by atoms with van der Waals surface area (Å²) in [5.41, 5.74) is 0.203. The number of rotatable bonds is 3. The van der Waals surface area contributed by atoms with Gasteiger partial charge in [-0.25, -0.2) is 0 Å². The van der Waals surface area contributed by atoms with Crippen LogP contribution in [0.1, 0.15) is 40.5 Å². The number of hydrogen-bond acceptors (Lipinski definition) is 2.